The maximum absolute atomic E-state index is 12.9. The van der Waals surface area contributed by atoms with E-state index >= 15 is 0 Å². The molecule has 1 rings (SSSR count). The second kappa shape index (κ2) is 19.7. The van der Waals surface area contributed by atoms with Gasteiger partial charge in [-0.25, -0.2) is 9.59 Å². The summed E-state index contributed by atoms with van der Waals surface area (Å²) in [6, 6.07) is -2.44. The summed E-state index contributed by atoms with van der Waals surface area (Å²) < 4.78 is 0. The summed E-state index contributed by atoms with van der Waals surface area (Å²) in [4.78, 5) is 88.8. The lowest BCUT2D eigenvalue weighted by Crippen LogP contribution is -2.57. The van der Waals surface area contributed by atoms with E-state index in [4.69, 9.17) is 5.11 Å². The third kappa shape index (κ3) is 17.7. The number of rotatable bonds is 17. The molecule has 0 bridgehead atoms. The van der Waals surface area contributed by atoms with Gasteiger partial charge in [0.05, 0.1) is 19.6 Å². The SMILES string of the molecule is CC(C)(CC(C)(C)N1CCN(CC(=O)O)CCN(CC(=O)O)CCN(CC(=O)O)CC1)NC(=O)CCC(NC(=O)NCC(=O)O)C(=O)O. The summed E-state index contributed by atoms with van der Waals surface area (Å²) in [6.07, 6.45) is -0.124. The number of urea groups is 1. The quantitative estimate of drug-likeness (QED) is 0.0832. The van der Waals surface area contributed by atoms with E-state index in [-0.39, 0.29) is 58.7 Å². The zero-order valence-corrected chi connectivity index (χ0v) is 28.1. The molecule has 0 saturated carbocycles. The number of hydrogen-bond acceptors (Lipinski definition) is 11. The van der Waals surface area contributed by atoms with E-state index in [1.807, 2.05) is 19.2 Å². The molecule has 1 fully saturated rings. The van der Waals surface area contributed by atoms with Gasteiger partial charge in [0.25, 0.3) is 0 Å². The van der Waals surface area contributed by atoms with E-state index in [1.54, 1.807) is 28.5 Å². The highest BCUT2D eigenvalue weighted by Gasteiger charge is 2.35. The van der Waals surface area contributed by atoms with Crippen molar-refractivity contribution in [1.29, 1.82) is 0 Å². The average molecular weight is 690 g/mol. The number of hydrogen-bond donors (Lipinski definition) is 8. The van der Waals surface area contributed by atoms with Crippen molar-refractivity contribution in [2.75, 3.05) is 78.5 Å². The molecule has 3 amide bonds. The van der Waals surface area contributed by atoms with Crippen molar-refractivity contribution in [1.82, 2.24) is 35.6 Å². The lowest BCUT2D eigenvalue weighted by Gasteiger charge is -2.45. The number of carboxylic acid groups (broad SMARTS) is 5. The molecule has 48 heavy (non-hydrogen) atoms. The van der Waals surface area contributed by atoms with Crippen LogP contribution < -0.4 is 16.0 Å². The standard InChI is InChI=1S/C29H51N7O12/c1-28(2,32-21(37)6-5-20(26(46)47)31-27(48)30-15-22(38)39)19-29(3,4)36-13-11-34(17-24(42)43)9-7-33(16-23(40)41)8-10-35(12-14-36)18-25(44)45/h20H,5-19H2,1-4H3,(H,32,37)(H,38,39)(H,40,41)(H,42,43)(H,44,45)(H,46,47)(H2,30,31,48). The van der Waals surface area contributed by atoms with Gasteiger partial charge < -0.3 is 41.5 Å². The first-order chi connectivity index (χ1) is 22.2. The molecule has 0 aromatic heterocycles. The maximum atomic E-state index is 12.9. The molecule has 8 N–H and O–H groups in total. The smallest absolute Gasteiger partial charge is 0.326 e. The Labute approximate surface area is 279 Å². The van der Waals surface area contributed by atoms with Crippen LogP contribution in [0.15, 0.2) is 0 Å². The number of amides is 3. The fourth-order valence-corrected chi connectivity index (χ4v) is 5.77. The minimum absolute atomic E-state index is 0.253. The van der Waals surface area contributed by atoms with Crippen LogP contribution in [0.2, 0.25) is 0 Å². The molecule has 1 unspecified atom stereocenters. The minimum atomic E-state index is -1.44. The van der Waals surface area contributed by atoms with E-state index < -0.39 is 65.4 Å². The number of carbonyl (C=O) groups is 7. The van der Waals surface area contributed by atoms with Crippen LogP contribution in [0.5, 0.6) is 0 Å². The molecule has 1 atom stereocenters. The molecule has 19 heteroatoms. The highest BCUT2D eigenvalue weighted by atomic mass is 16.4. The van der Waals surface area contributed by atoms with Gasteiger partial charge in [0, 0.05) is 69.9 Å². The summed E-state index contributed by atoms with van der Waals surface area (Å²) in [5.74, 6) is -6.29. The Bertz CT molecular complexity index is 1120. The number of nitrogens with one attached hydrogen (secondary N) is 3. The Morgan fingerprint density at radius 1 is 0.646 bits per heavy atom. The Balaban J connectivity index is 3.04. The fraction of sp³-hybridized carbons (Fsp3) is 0.759. The number of aliphatic carboxylic acids is 5. The first-order valence-corrected chi connectivity index (χ1v) is 15.6. The van der Waals surface area contributed by atoms with Gasteiger partial charge in [-0.2, -0.15) is 0 Å². The molecule has 274 valence electrons. The van der Waals surface area contributed by atoms with Gasteiger partial charge in [-0.1, -0.05) is 0 Å². The van der Waals surface area contributed by atoms with Crippen LogP contribution in [0.1, 0.15) is 47.0 Å². The molecular formula is C29H51N7O12. The Kier molecular flexibility index (Phi) is 17.2. The third-order valence-electron chi connectivity index (χ3n) is 7.79. The van der Waals surface area contributed by atoms with Crippen LogP contribution in [-0.4, -0.2) is 183 Å². The Morgan fingerprint density at radius 2 is 1.06 bits per heavy atom. The van der Waals surface area contributed by atoms with Gasteiger partial charge in [-0.15, -0.1) is 0 Å². The highest BCUT2D eigenvalue weighted by Crippen LogP contribution is 2.26. The summed E-state index contributed by atoms with van der Waals surface area (Å²) in [7, 11) is 0. The second-order valence-corrected chi connectivity index (χ2v) is 13.1. The highest BCUT2D eigenvalue weighted by molar-refractivity contribution is 5.85. The van der Waals surface area contributed by atoms with Gasteiger partial charge in [0.15, 0.2) is 0 Å². The predicted octanol–water partition coefficient (Wildman–Crippen LogP) is -1.86. The summed E-state index contributed by atoms with van der Waals surface area (Å²) in [5.41, 5.74) is -1.44. The molecule has 1 aliphatic rings. The number of nitrogens with zero attached hydrogens (tertiary/aromatic N) is 4. The van der Waals surface area contributed by atoms with Crippen LogP contribution >= 0.6 is 0 Å². The first-order valence-electron chi connectivity index (χ1n) is 15.6. The number of carbonyl (C=O) groups excluding carboxylic acids is 2. The van der Waals surface area contributed by atoms with Gasteiger partial charge in [-0.3, -0.25) is 43.6 Å². The second-order valence-electron chi connectivity index (χ2n) is 13.1. The van der Waals surface area contributed by atoms with Gasteiger partial charge in [0.2, 0.25) is 5.91 Å². The normalized spacial score (nSPS) is 17.2. The van der Waals surface area contributed by atoms with Gasteiger partial charge >= 0.3 is 35.9 Å². The van der Waals surface area contributed by atoms with Crippen LogP contribution in [0.3, 0.4) is 0 Å². The van der Waals surface area contributed by atoms with Crippen molar-refractivity contribution < 1.29 is 59.1 Å². The molecular weight excluding hydrogens is 638 g/mol. The monoisotopic (exact) mass is 689 g/mol. The molecule has 1 heterocycles. The van der Waals surface area contributed by atoms with Crippen LogP contribution in [0.4, 0.5) is 4.79 Å². The first kappa shape index (κ1) is 42.0. The van der Waals surface area contributed by atoms with Crippen molar-refractivity contribution in [2.45, 2.75) is 64.1 Å². The molecule has 0 spiro atoms. The molecule has 19 nitrogen and oxygen atoms in total. The van der Waals surface area contributed by atoms with Crippen molar-refractivity contribution in [2.24, 2.45) is 0 Å². The maximum Gasteiger partial charge on any atom is 0.326 e. The van der Waals surface area contributed by atoms with Gasteiger partial charge in [0.1, 0.15) is 12.6 Å². The van der Waals surface area contributed by atoms with Gasteiger partial charge in [-0.05, 0) is 40.5 Å². The molecule has 0 aromatic rings. The zero-order chi connectivity index (χ0) is 36.7. The predicted molar refractivity (Wildman–Crippen MR) is 170 cm³/mol. The van der Waals surface area contributed by atoms with Crippen LogP contribution in [-0.2, 0) is 28.8 Å². The fourth-order valence-electron chi connectivity index (χ4n) is 5.77. The lowest BCUT2D eigenvalue weighted by atomic mass is 9.85. The van der Waals surface area contributed by atoms with E-state index in [1.165, 1.54) is 0 Å². The molecule has 0 radical (unpaired) electrons. The Hall–Kier alpha value is -4.07. The van der Waals surface area contributed by atoms with Crippen molar-refractivity contribution in [3.05, 3.63) is 0 Å². The summed E-state index contributed by atoms with van der Waals surface area (Å²) >= 11 is 0. The summed E-state index contributed by atoms with van der Waals surface area (Å²) in [5, 5.41) is 53.5. The largest absolute Gasteiger partial charge is 0.480 e. The molecule has 0 aromatic carbocycles. The number of carboxylic acids is 5. The molecule has 0 aliphatic carbocycles. The minimum Gasteiger partial charge on any atom is -0.480 e. The van der Waals surface area contributed by atoms with Crippen molar-refractivity contribution in [3.63, 3.8) is 0 Å². The van der Waals surface area contributed by atoms with E-state index in [0.29, 0.717) is 32.6 Å². The van der Waals surface area contributed by atoms with E-state index in [0.717, 1.165) is 0 Å². The molecule has 1 aliphatic heterocycles. The lowest BCUT2D eigenvalue weighted by molar-refractivity contribution is -0.140. The van der Waals surface area contributed by atoms with E-state index in [2.05, 4.69) is 15.5 Å². The summed E-state index contributed by atoms with van der Waals surface area (Å²) in [6.45, 7) is 8.53. The molecule has 1 saturated heterocycles. The topological polar surface area (TPSA) is 270 Å². The average Bonchev–Trinajstić information content (AvgIpc) is 2.92. The van der Waals surface area contributed by atoms with Crippen LogP contribution in [0, 0.1) is 0 Å². The van der Waals surface area contributed by atoms with Crippen molar-refractivity contribution >= 4 is 41.8 Å². The Morgan fingerprint density at radius 3 is 1.44 bits per heavy atom. The third-order valence-corrected chi connectivity index (χ3v) is 7.79. The van der Waals surface area contributed by atoms with Crippen molar-refractivity contribution in [3.8, 4) is 0 Å². The van der Waals surface area contributed by atoms with E-state index in [9.17, 15) is 54.0 Å². The zero-order valence-electron chi connectivity index (χ0n) is 28.1. The van der Waals surface area contributed by atoms with Crippen LogP contribution in [0.25, 0.3) is 0 Å².